The molecule has 1 aliphatic heterocycles. The van der Waals surface area contributed by atoms with Gasteiger partial charge in [-0.2, -0.15) is 0 Å². The molecule has 18 heavy (non-hydrogen) atoms. The Balaban J connectivity index is 2.24. The summed E-state index contributed by atoms with van der Waals surface area (Å²) in [5.41, 5.74) is 1.11. The second kappa shape index (κ2) is 5.24. The smallest absolute Gasteiger partial charge is 0.153 e. The molecule has 1 atom stereocenters. The van der Waals surface area contributed by atoms with Gasteiger partial charge in [0, 0.05) is 30.9 Å². The Morgan fingerprint density at radius 1 is 1.39 bits per heavy atom. The van der Waals surface area contributed by atoms with Gasteiger partial charge in [0.05, 0.1) is 11.5 Å². The zero-order valence-electron chi connectivity index (χ0n) is 10.8. The van der Waals surface area contributed by atoms with Crippen LogP contribution in [0.1, 0.15) is 18.5 Å². The third-order valence-electron chi connectivity index (χ3n) is 3.36. The third kappa shape index (κ3) is 2.81. The first-order valence-electron chi connectivity index (χ1n) is 6.11. The first-order chi connectivity index (χ1) is 8.53. The van der Waals surface area contributed by atoms with Crippen molar-refractivity contribution in [1.29, 1.82) is 0 Å². The van der Waals surface area contributed by atoms with E-state index in [1.807, 2.05) is 19.2 Å². The summed E-state index contributed by atoms with van der Waals surface area (Å²) in [7, 11) is -0.943. The van der Waals surface area contributed by atoms with Crippen molar-refractivity contribution in [3.63, 3.8) is 0 Å². The lowest BCUT2D eigenvalue weighted by Gasteiger charge is -2.30. The van der Waals surface area contributed by atoms with Crippen LogP contribution in [-0.2, 0) is 9.84 Å². The lowest BCUT2D eigenvalue weighted by atomic mass is 10.1. The van der Waals surface area contributed by atoms with Crippen LogP contribution in [0.15, 0.2) is 18.3 Å². The fraction of sp³-hybridized carbons (Fsp3) is 0.583. The molecule has 1 fully saturated rings. The van der Waals surface area contributed by atoms with E-state index < -0.39 is 9.84 Å². The van der Waals surface area contributed by atoms with E-state index in [2.05, 4.69) is 22.1 Å². The topological polar surface area (TPSA) is 62.3 Å². The molecule has 5 nitrogen and oxygen atoms in total. The van der Waals surface area contributed by atoms with Gasteiger partial charge in [0.1, 0.15) is 5.82 Å². The van der Waals surface area contributed by atoms with Crippen molar-refractivity contribution in [2.75, 3.05) is 36.5 Å². The molecule has 0 radical (unpaired) electrons. The number of rotatable bonds is 3. The molecule has 2 heterocycles. The minimum Gasteiger partial charge on any atom is -0.354 e. The summed E-state index contributed by atoms with van der Waals surface area (Å²) >= 11 is 0. The number of nitrogens with one attached hydrogen (secondary N) is 1. The quantitative estimate of drug-likeness (QED) is 0.870. The van der Waals surface area contributed by atoms with E-state index in [1.54, 1.807) is 6.20 Å². The Labute approximate surface area is 108 Å². The van der Waals surface area contributed by atoms with Gasteiger partial charge in [0.15, 0.2) is 9.84 Å². The van der Waals surface area contributed by atoms with Crippen LogP contribution in [0.5, 0.6) is 0 Å². The predicted molar refractivity (Wildman–Crippen MR) is 72.6 cm³/mol. The second-order valence-corrected chi connectivity index (χ2v) is 6.87. The van der Waals surface area contributed by atoms with Crippen molar-refractivity contribution in [1.82, 2.24) is 10.3 Å². The lowest BCUT2D eigenvalue weighted by Crippen LogP contribution is -2.41. The van der Waals surface area contributed by atoms with Crippen molar-refractivity contribution in [3.8, 4) is 0 Å². The Hall–Kier alpha value is -1.14. The highest BCUT2D eigenvalue weighted by Crippen LogP contribution is 2.24. The molecule has 0 aliphatic carbocycles. The summed E-state index contributed by atoms with van der Waals surface area (Å²) in [5.74, 6) is 1.34. The van der Waals surface area contributed by atoms with Crippen LogP contribution in [0, 0.1) is 0 Å². The summed E-state index contributed by atoms with van der Waals surface area (Å²) in [6, 6.07) is 4.15. The van der Waals surface area contributed by atoms with Crippen LogP contribution in [0.4, 0.5) is 5.82 Å². The first kappa shape index (κ1) is 13.3. The fourth-order valence-corrected chi connectivity index (χ4v) is 3.29. The first-order valence-corrected chi connectivity index (χ1v) is 7.93. The van der Waals surface area contributed by atoms with Gasteiger partial charge in [0.2, 0.25) is 0 Å². The van der Waals surface area contributed by atoms with E-state index in [-0.39, 0.29) is 17.5 Å². The number of anilines is 1. The molecule has 0 amide bonds. The van der Waals surface area contributed by atoms with Crippen LogP contribution >= 0.6 is 0 Å². The minimum atomic E-state index is -2.85. The molecule has 1 aromatic heterocycles. The molecule has 1 saturated heterocycles. The van der Waals surface area contributed by atoms with Crippen LogP contribution in [0.3, 0.4) is 0 Å². The average Bonchev–Trinajstić information content (AvgIpc) is 2.38. The van der Waals surface area contributed by atoms with E-state index in [0.29, 0.717) is 13.1 Å². The summed E-state index contributed by atoms with van der Waals surface area (Å²) in [4.78, 5) is 6.47. The molecule has 1 N–H and O–H groups in total. The summed E-state index contributed by atoms with van der Waals surface area (Å²) < 4.78 is 22.9. The average molecular weight is 269 g/mol. The summed E-state index contributed by atoms with van der Waals surface area (Å²) in [6.45, 7) is 3.13. The van der Waals surface area contributed by atoms with Crippen molar-refractivity contribution in [3.05, 3.63) is 23.9 Å². The van der Waals surface area contributed by atoms with Crippen molar-refractivity contribution in [2.45, 2.75) is 13.0 Å². The van der Waals surface area contributed by atoms with E-state index in [9.17, 15) is 8.42 Å². The number of pyridine rings is 1. The van der Waals surface area contributed by atoms with Gasteiger partial charge in [-0.15, -0.1) is 0 Å². The van der Waals surface area contributed by atoms with Gasteiger partial charge < -0.3 is 10.2 Å². The Morgan fingerprint density at radius 3 is 2.67 bits per heavy atom. The summed E-state index contributed by atoms with van der Waals surface area (Å²) in [5, 5.41) is 3.19. The second-order valence-electron chi connectivity index (χ2n) is 4.57. The molecule has 0 aromatic carbocycles. The Kier molecular flexibility index (Phi) is 3.87. The van der Waals surface area contributed by atoms with E-state index in [1.165, 1.54) is 0 Å². The molecule has 1 aromatic rings. The zero-order valence-corrected chi connectivity index (χ0v) is 11.6. The van der Waals surface area contributed by atoms with Gasteiger partial charge in [-0.1, -0.05) is 6.07 Å². The SMILES string of the molecule is CNC(C)c1cccnc1N1CCS(=O)(=O)CC1. The molecule has 0 spiro atoms. The van der Waals surface area contributed by atoms with E-state index in [0.717, 1.165) is 11.4 Å². The molecule has 1 unspecified atom stereocenters. The minimum absolute atomic E-state index is 0.201. The van der Waals surface area contributed by atoms with Gasteiger partial charge in [0.25, 0.3) is 0 Å². The molecular formula is C12H19N3O2S. The number of hydrogen-bond donors (Lipinski definition) is 1. The molecule has 0 bridgehead atoms. The van der Waals surface area contributed by atoms with Gasteiger partial charge in [-0.05, 0) is 20.0 Å². The van der Waals surface area contributed by atoms with Crippen molar-refractivity contribution in [2.24, 2.45) is 0 Å². The standard InChI is InChI=1S/C12H19N3O2S/c1-10(13-2)11-4-3-5-14-12(11)15-6-8-18(16,17)9-7-15/h3-5,10,13H,6-9H2,1-2H3. The monoisotopic (exact) mass is 269 g/mol. The lowest BCUT2D eigenvalue weighted by molar-refractivity contribution is 0.585. The maximum atomic E-state index is 11.4. The van der Waals surface area contributed by atoms with E-state index >= 15 is 0 Å². The molecule has 100 valence electrons. The predicted octanol–water partition coefficient (Wildman–Crippen LogP) is 0.597. The molecule has 0 saturated carbocycles. The molecule has 1 aliphatic rings. The zero-order chi connectivity index (χ0) is 13.2. The van der Waals surface area contributed by atoms with E-state index in [4.69, 9.17) is 0 Å². The van der Waals surface area contributed by atoms with Gasteiger partial charge in [-0.25, -0.2) is 13.4 Å². The molecule has 6 heteroatoms. The molecular weight excluding hydrogens is 250 g/mol. The van der Waals surface area contributed by atoms with Crippen LogP contribution in [0.2, 0.25) is 0 Å². The normalized spacial score (nSPS) is 20.7. The highest BCUT2D eigenvalue weighted by molar-refractivity contribution is 7.91. The van der Waals surface area contributed by atoms with Gasteiger partial charge >= 0.3 is 0 Å². The summed E-state index contributed by atoms with van der Waals surface area (Å²) in [6.07, 6.45) is 1.75. The van der Waals surface area contributed by atoms with Crippen molar-refractivity contribution >= 4 is 15.7 Å². The fourth-order valence-electron chi connectivity index (χ4n) is 2.09. The number of sulfone groups is 1. The van der Waals surface area contributed by atoms with Crippen molar-refractivity contribution < 1.29 is 8.42 Å². The van der Waals surface area contributed by atoms with Crippen LogP contribution < -0.4 is 10.2 Å². The highest BCUT2D eigenvalue weighted by Gasteiger charge is 2.24. The number of nitrogens with zero attached hydrogens (tertiary/aromatic N) is 2. The van der Waals surface area contributed by atoms with Gasteiger partial charge in [-0.3, -0.25) is 0 Å². The number of hydrogen-bond acceptors (Lipinski definition) is 5. The highest BCUT2D eigenvalue weighted by atomic mass is 32.2. The third-order valence-corrected chi connectivity index (χ3v) is 4.97. The maximum Gasteiger partial charge on any atom is 0.153 e. The Morgan fingerprint density at radius 2 is 2.06 bits per heavy atom. The van der Waals surface area contributed by atoms with Crippen LogP contribution in [0.25, 0.3) is 0 Å². The van der Waals surface area contributed by atoms with Crippen LogP contribution in [-0.4, -0.2) is 45.0 Å². The number of aromatic nitrogens is 1. The molecule has 2 rings (SSSR count). The largest absolute Gasteiger partial charge is 0.354 e. The Bertz CT molecular complexity index is 502. The maximum absolute atomic E-state index is 11.4.